The molecule has 0 aliphatic rings. The molecule has 0 aliphatic carbocycles. The van der Waals surface area contributed by atoms with Gasteiger partial charge in [-0.25, -0.2) is 4.98 Å². The molecule has 0 saturated heterocycles. The highest BCUT2D eigenvalue weighted by Gasteiger charge is 2.15. The zero-order chi connectivity index (χ0) is 15.2. The van der Waals surface area contributed by atoms with E-state index in [-0.39, 0.29) is 11.9 Å². The van der Waals surface area contributed by atoms with Crippen LogP contribution in [0.15, 0.2) is 34.9 Å². The number of nitrogens with one attached hydrogen (secondary N) is 1. The van der Waals surface area contributed by atoms with Crippen molar-refractivity contribution < 1.29 is 13.9 Å². The molecule has 0 radical (unpaired) electrons. The smallest absolute Gasteiger partial charge is 0.253 e. The van der Waals surface area contributed by atoms with Gasteiger partial charge in [-0.1, -0.05) is 6.92 Å². The van der Waals surface area contributed by atoms with Crippen molar-refractivity contribution in [3.05, 3.63) is 41.8 Å². The second kappa shape index (κ2) is 7.04. The number of rotatable bonds is 6. The van der Waals surface area contributed by atoms with Crippen molar-refractivity contribution in [3.8, 4) is 11.5 Å². The summed E-state index contributed by atoms with van der Waals surface area (Å²) in [6.45, 7) is 4.33. The summed E-state index contributed by atoms with van der Waals surface area (Å²) in [4.78, 5) is 16.7. The van der Waals surface area contributed by atoms with E-state index in [0.717, 1.165) is 12.1 Å². The van der Waals surface area contributed by atoms with Gasteiger partial charge in [-0.05, 0) is 37.6 Å². The van der Waals surface area contributed by atoms with E-state index in [4.69, 9.17) is 9.15 Å². The van der Waals surface area contributed by atoms with Crippen molar-refractivity contribution in [2.45, 2.75) is 26.3 Å². The van der Waals surface area contributed by atoms with Crippen molar-refractivity contribution in [2.24, 2.45) is 0 Å². The summed E-state index contributed by atoms with van der Waals surface area (Å²) in [5.74, 6) is 0.561. The minimum absolute atomic E-state index is 0.00616. The highest BCUT2D eigenvalue weighted by atomic mass is 16.5. The van der Waals surface area contributed by atoms with Gasteiger partial charge in [0.25, 0.3) is 5.91 Å². The van der Waals surface area contributed by atoms with E-state index < -0.39 is 0 Å². The molecule has 0 unspecified atom stereocenters. The number of aryl methyl sites for hydroxylation is 1. The van der Waals surface area contributed by atoms with Crippen LogP contribution in [0.2, 0.25) is 0 Å². The molecule has 0 spiro atoms. The van der Waals surface area contributed by atoms with Crippen molar-refractivity contribution in [1.82, 2.24) is 10.3 Å². The third-order valence-corrected chi connectivity index (χ3v) is 3.30. The summed E-state index contributed by atoms with van der Waals surface area (Å²) >= 11 is 0. The maximum absolute atomic E-state index is 12.3. The number of amides is 1. The van der Waals surface area contributed by atoms with Crippen LogP contribution in [0.1, 0.15) is 29.4 Å². The second-order valence-electron chi connectivity index (χ2n) is 4.84. The molecule has 2 aromatic heterocycles. The molecular formula is C16H20N2O3. The SMILES string of the molecule is CC[C@H](COC)NC(=O)c1ccc(-c2ccco2)nc1C. The van der Waals surface area contributed by atoms with Gasteiger partial charge in [0.05, 0.1) is 30.2 Å². The lowest BCUT2D eigenvalue weighted by Gasteiger charge is -2.16. The van der Waals surface area contributed by atoms with Gasteiger partial charge in [0.1, 0.15) is 5.69 Å². The van der Waals surface area contributed by atoms with E-state index >= 15 is 0 Å². The number of carbonyl (C=O) groups excluding carboxylic acids is 1. The number of pyridine rings is 1. The van der Waals surface area contributed by atoms with E-state index in [1.165, 1.54) is 0 Å². The zero-order valence-electron chi connectivity index (χ0n) is 12.6. The Morgan fingerprint density at radius 2 is 2.24 bits per heavy atom. The van der Waals surface area contributed by atoms with Crippen LogP contribution < -0.4 is 5.32 Å². The Morgan fingerprint density at radius 3 is 2.81 bits per heavy atom. The number of carbonyl (C=O) groups is 1. The van der Waals surface area contributed by atoms with Gasteiger partial charge < -0.3 is 14.5 Å². The Labute approximate surface area is 124 Å². The predicted molar refractivity (Wildman–Crippen MR) is 80.1 cm³/mol. The maximum Gasteiger partial charge on any atom is 0.253 e. The first-order chi connectivity index (χ1) is 10.2. The Bertz CT molecular complexity index is 594. The topological polar surface area (TPSA) is 64.4 Å². The second-order valence-corrected chi connectivity index (χ2v) is 4.84. The van der Waals surface area contributed by atoms with E-state index in [1.807, 2.05) is 26.0 Å². The number of hydrogen-bond donors (Lipinski definition) is 1. The monoisotopic (exact) mass is 288 g/mol. The minimum atomic E-state index is -0.130. The van der Waals surface area contributed by atoms with Crippen molar-refractivity contribution in [3.63, 3.8) is 0 Å². The fourth-order valence-corrected chi connectivity index (χ4v) is 2.09. The van der Waals surface area contributed by atoms with E-state index in [1.54, 1.807) is 25.5 Å². The number of nitrogens with zero attached hydrogens (tertiary/aromatic N) is 1. The van der Waals surface area contributed by atoms with Gasteiger partial charge >= 0.3 is 0 Å². The third-order valence-electron chi connectivity index (χ3n) is 3.30. The molecule has 2 rings (SSSR count). The molecule has 5 heteroatoms. The van der Waals surface area contributed by atoms with Gasteiger partial charge in [-0.3, -0.25) is 4.79 Å². The lowest BCUT2D eigenvalue weighted by molar-refractivity contribution is 0.0893. The highest BCUT2D eigenvalue weighted by molar-refractivity contribution is 5.95. The lowest BCUT2D eigenvalue weighted by Crippen LogP contribution is -2.37. The van der Waals surface area contributed by atoms with Gasteiger partial charge in [-0.2, -0.15) is 0 Å². The fraction of sp³-hybridized carbons (Fsp3) is 0.375. The van der Waals surface area contributed by atoms with Crippen LogP contribution in [0, 0.1) is 6.92 Å². The first-order valence-electron chi connectivity index (χ1n) is 6.97. The molecule has 1 N–H and O–H groups in total. The van der Waals surface area contributed by atoms with Crippen molar-refractivity contribution >= 4 is 5.91 Å². The molecule has 2 aromatic rings. The van der Waals surface area contributed by atoms with E-state index in [2.05, 4.69) is 10.3 Å². The molecule has 0 fully saturated rings. The molecule has 2 heterocycles. The molecule has 21 heavy (non-hydrogen) atoms. The molecule has 0 bridgehead atoms. The Hall–Kier alpha value is -2.14. The first kappa shape index (κ1) is 15.3. The quantitative estimate of drug-likeness (QED) is 0.887. The Morgan fingerprint density at radius 1 is 1.43 bits per heavy atom. The summed E-state index contributed by atoms with van der Waals surface area (Å²) in [6, 6.07) is 7.22. The molecule has 0 saturated carbocycles. The summed E-state index contributed by atoms with van der Waals surface area (Å²) in [5, 5.41) is 2.95. The summed E-state index contributed by atoms with van der Waals surface area (Å²) in [6.07, 6.45) is 2.42. The van der Waals surface area contributed by atoms with Crippen molar-refractivity contribution in [1.29, 1.82) is 0 Å². The van der Waals surface area contributed by atoms with Crippen LogP contribution in [0.25, 0.3) is 11.5 Å². The number of methoxy groups -OCH3 is 1. The molecule has 0 aromatic carbocycles. The number of furan rings is 1. The molecule has 112 valence electrons. The maximum atomic E-state index is 12.3. The largest absolute Gasteiger partial charge is 0.463 e. The average Bonchev–Trinajstić information content (AvgIpc) is 3.00. The predicted octanol–water partition coefficient (Wildman–Crippen LogP) is 2.80. The van der Waals surface area contributed by atoms with E-state index in [0.29, 0.717) is 23.6 Å². The highest BCUT2D eigenvalue weighted by Crippen LogP contribution is 2.19. The zero-order valence-corrected chi connectivity index (χ0v) is 12.6. The number of aromatic nitrogens is 1. The Kier molecular flexibility index (Phi) is 5.11. The van der Waals surface area contributed by atoms with Crippen LogP contribution in [0.3, 0.4) is 0 Å². The summed E-state index contributed by atoms with van der Waals surface area (Å²) < 4.78 is 10.4. The molecule has 1 amide bonds. The van der Waals surface area contributed by atoms with E-state index in [9.17, 15) is 4.79 Å². The fourth-order valence-electron chi connectivity index (χ4n) is 2.09. The normalized spacial score (nSPS) is 12.1. The summed E-state index contributed by atoms with van der Waals surface area (Å²) in [5.41, 5.74) is 1.96. The minimum Gasteiger partial charge on any atom is -0.463 e. The number of ether oxygens (including phenoxy) is 1. The van der Waals surface area contributed by atoms with Crippen LogP contribution >= 0.6 is 0 Å². The average molecular weight is 288 g/mol. The van der Waals surface area contributed by atoms with Gasteiger partial charge in [0.2, 0.25) is 0 Å². The van der Waals surface area contributed by atoms with Crippen molar-refractivity contribution in [2.75, 3.05) is 13.7 Å². The summed E-state index contributed by atoms with van der Waals surface area (Å²) in [7, 11) is 1.62. The van der Waals surface area contributed by atoms with Crippen LogP contribution in [0.4, 0.5) is 0 Å². The number of hydrogen-bond acceptors (Lipinski definition) is 4. The molecular weight excluding hydrogens is 268 g/mol. The first-order valence-corrected chi connectivity index (χ1v) is 6.97. The van der Waals surface area contributed by atoms with Gasteiger partial charge in [0, 0.05) is 7.11 Å². The standard InChI is InChI=1S/C16H20N2O3/c1-4-12(10-20-3)18-16(19)13-7-8-14(17-11(13)2)15-6-5-9-21-15/h5-9,12H,4,10H2,1-3H3,(H,18,19)/t12-/m1/s1. The lowest BCUT2D eigenvalue weighted by atomic mass is 10.1. The third kappa shape index (κ3) is 3.70. The van der Waals surface area contributed by atoms with Gasteiger partial charge in [-0.15, -0.1) is 0 Å². The molecule has 1 atom stereocenters. The van der Waals surface area contributed by atoms with Crippen LogP contribution in [-0.4, -0.2) is 30.6 Å². The van der Waals surface area contributed by atoms with Crippen LogP contribution in [0.5, 0.6) is 0 Å². The Balaban J connectivity index is 2.15. The molecule has 5 nitrogen and oxygen atoms in total. The molecule has 0 aliphatic heterocycles. The van der Waals surface area contributed by atoms with Gasteiger partial charge in [0.15, 0.2) is 5.76 Å². The van der Waals surface area contributed by atoms with Crippen LogP contribution in [-0.2, 0) is 4.74 Å².